The fourth-order valence-corrected chi connectivity index (χ4v) is 4.71. The van der Waals surface area contributed by atoms with Gasteiger partial charge in [0.05, 0.1) is 12.8 Å². The van der Waals surface area contributed by atoms with E-state index in [0.29, 0.717) is 25.2 Å². The van der Waals surface area contributed by atoms with Crippen LogP contribution in [-0.2, 0) is 30.3 Å². The lowest BCUT2D eigenvalue weighted by Crippen LogP contribution is -2.58. The fourth-order valence-electron chi connectivity index (χ4n) is 4.71. The molecule has 2 N–H and O–H groups in total. The van der Waals surface area contributed by atoms with Gasteiger partial charge in [0.2, 0.25) is 5.91 Å². The summed E-state index contributed by atoms with van der Waals surface area (Å²) in [5, 5.41) is 13.6. The fraction of sp³-hybridized carbons (Fsp3) is 0.300. The van der Waals surface area contributed by atoms with Gasteiger partial charge < -0.3 is 20.1 Å². The Bertz CT molecular complexity index is 1400. The van der Waals surface area contributed by atoms with E-state index in [1.54, 1.807) is 23.1 Å². The molecule has 208 valence electrons. The summed E-state index contributed by atoms with van der Waals surface area (Å²) in [6.45, 7) is 1.66. The molecule has 0 aromatic heterocycles. The molecule has 1 aliphatic rings. The number of nitrogens with one attached hydrogen (secondary N) is 1. The van der Waals surface area contributed by atoms with Crippen molar-refractivity contribution in [3.63, 3.8) is 0 Å². The van der Waals surface area contributed by atoms with Crippen molar-refractivity contribution < 1.29 is 33.8 Å². The zero-order chi connectivity index (χ0) is 28.6. The molecule has 10 nitrogen and oxygen atoms in total. The van der Waals surface area contributed by atoms with Gasteiger partial charge in [-0.1, -0.05) is 60.7 Å². The number of urea groups is 1. The van der Waals surface area contributed by atoms with Crippen LogP contribution in [0.2, 0.25) is 0 Å². The second-order valence-electron chi connectivity index (χ2n) is 9.59. The third kappa shape index (κ3) is 6.82. The van der Waals surface area contributed by atoms with E-state index in [0.717, 1.165) is 16.3 Å². The first-order valence-electron chi connectivity index (χ1n) is 13.0. The van der Waals surface area contributed by atoms with Gasteiger partial charge in [0.1, 0.15) is 12.1 Å². The van der Waals surface area contributed by atoms with Crippen LogP contribution < -0.4 is 10.2 Å². The van der Waals surface area contributed by atoms with E-state index in [4.69, 9.17) is 4.74 Å². The maximum absolute atomic E-state index is 13.1. The summed E-state index contributed by atoms with van der Waals surface area (Å²) in [5.74, 6) is -3.40. The van der Waals surface area contributed by atoms with Crippen molar-refractivity contribution >= 4 is 46.1 Å². The predicted octanol–water partition coefficient (Wildman–Crippen LogP) is 3.17. The highest BCUT2D eigenvalue weighted by atomic mass is 16.5. The number of carbonyl (C=O) groups excluding carboxylic acids is 4. The van der Waals surface area contributed by atoms with Crippen LogP contribution >= 0.6 is 0 Å². The molecule has 0 saturated carbocycles. The van der Waals surface area contributed by atoms with Gasteiger partial charge in [0.15, 0.2) is 12.4 Å². The molecule has 0 spiro atoms. The summed E-state index contributed by atoms with van der Waals surface area (Å²) >= 11 is 0. The second-order valence-corrected chi connectivity index (χ2v) is 9.59. The van der Waals surface area contributed by atoms with Crippen molar-refractivity contribution in [2.75, 3.05) is 24.6 Å². The zero-order valence-electron chi connectivity index (χ0n) is 22.1. The van der Waals surface area contributed by atoms with E-state index in [1.165, 1.54) is 11.8 Å². The molecule has 2 atom stereocenters. The molecule has 1 heterocycles. The molecule has 3 amide bonds. The number of hydrogen-bond donors (Lipinski definition) is 2. The number of para-hydroxylation sites is 1. The largest absolute Gasteiger partial charge is 0.481 e. The summed E-state index contributed by atoms with van der Waals surface area (Å²) in [7, 11) is 0. The second kappa shape index (κ2) is 12.9. The molecule has 40 heavy (non-hydrogen) atoms. The first-order valence-corrected chi connectivity index (χ1v) is 13.0. The van der Waals surface area contributed by atoms with Crippen molar-refractivity contribution in [2.24, 2.45) is 0 Å². The molecule has 3 aromatic rings. The van der Waals surface area contributed by atoms with Gasteiger partial charge in [-0.3, -0.25) is 24.1 Å². The Morgan fingerprint density at radius 1 is 0.950 bits per heavy atom. The number of carbonyl (C=O) groups is 5. The number of anilines is 1. The molecular formula is C30H31N3O7. The Kier molecular flexibility index (Phi) is 9.11. The Balaban J connectivity index is 1.36. The summed E-state index contributed by atoms with van der Waals surface area (Å²) in [6, 6.07) is 19.4. The number of rotatable bonds is 11. The van der Waals surface area contributed by atoms with Crippen molar-refractivity contribution in [1.82, 2.24) is 10.2 Å². The molecule has 1 fully saturated rings. The molecule has 2 unspecified atom stereocenters. The number of amides is 3. The van der Waals surface area contributed by atoms with E-state index in [9.17, 15) is 29.1 Å². The third-order valence-corrected chi connectivity index (χ3v) is 6.85. The summed E-state index contributed by atoms with van der Waals surface area (Å²) in [5.41, 5.74) is 1.43. The van der Waals surface area contributed by atoms with Gasteiger partial charge in [-0.2, -0.15) is 0 Å². The van der Waals surface area contributed by atoms with Crippen molar-refractivity contribution in [3.05, 3.63) is 78.4 Å². The van der Waals surface area contributed by atoms with Crippen molar-refractivity contribution in [2.45, 2.75) is 38.3 Å². The number of hydrogen-bond acceptors (Lipinski definition) is 6. The van der Waals surface area contributed by atoms with Crippen molar-refractivity contribution in [1.29, 1.82) is 0 Å². The number of ketones is 1. The molecule has 0 bridgehead atoms. The first-order chi connectivity index (χ1) is 19.2. The average molecular weight is 546 g/mol. The molecule has 1 aliphatic heterocycles. The molecule has 4 rings (SSSR count). The number of esters is 1. The van der Waals surface area contributed by atoms with Gasteiger partial charge in [-0.05, 0) is 41.8 Å². The standard InChI is InChI=1S/C30H31N3O7/c1-20(32-15-8-16-33(30(32)39)23-12-3-2-4-13-23)29(38)31-25(18-27(35)36)26(34)19-40-28(37)17-22-11-7-10-21-9-5-6-14-24(21)22/h2-7,9-14,20,25H,8,15-19H2,1H3,(H,31,38)(H,35,36). The lowest BCUT2D eigenvalue weighted by molar-refractivity contribution is -0.148. The minimum absolute atomic E-state index is 0.0728. The highest BCUT2D eigenvalue weighted by molar-refractivity contribution is 5.98. The van der Waals surface area contributed by atoms with Crippen LogP contribution in [0.1, 0.15) is 25.3 Å². The SMILES string of the molecule is CC(C(=O)NC(CC(=O)O)C(=O)COC(=O)Cc1cccc2ccccc12)N1CCCN(c2ccccc2)C1=O. The average Bonchev–Trinajstić information content (AvgIpc) is 2.95. The molecular weight excluding hydrogens is 514 g/mol. The molecule has 10 heteroatoms. The maximum atomic E-state index is 13.1. The maximum Gasteiger partial charge on any atom is 0.325 e. The van der Waals surface area contributed by atoms with Crippen LogP contribution in [0.15, 0.2) is 72.8 Å². The van der Waals surface area contributed by atoms with Crippen LogP contribution in [0.3, 0.4) is 0 Å². The number of benzene rings is 3. The van der Waals surface area contributed by atoms with Crippen LogP contribution in [0.5, 0.6) is 0 Å². The molecule has 1 saturated heterocycles. The van der Waals surface area contributed by atoms with E-state index in [1.807, 2.05) is 54.6 Å². The van der Waals surface area contributed by atoms with E-state index >= 15 is 0 Å². The Morgan fingerprint density at radius 2 is 1.65 bits per heavy atom. The summed E-state index contributed by atoms with van der Waals surface area (Å²) in [6.07, 6.45) is -0.138. The van der Waals surface area contributed by atoms with Crippen molar-refractivity contribution in [3.8, 4) is 0 Å². The van der Waals surface area contributed by atoms with Gasteiger partial charge in [0.25, 0.3) is 0 Å². The monoisotopic (exact) mass is 545 g/mol. The van der Waals surface area contributed by atoms with E-state index in [-0.39, 0.29) is 12.5 Å². The molecule has 0 aliphatic carbocycles. The molecule has 3 aromatic carbocycles. The lowest BCUT2D eigenvalue weighted by Gasteiger charge is -2.38. The van der Waals surface area contributed by atoms with Gasteiger partial charge in [0, 0.05) is 18.8 Å². The normalized spacial score (nSPS) is 14.9. The Labute approximate surface area is 231 Å². The number of Topliss-reactive ketones (excluding diaryl/α,β-unsaturated/α-hetero) is 1. The van der Waals surface area contributed by atoms with Crippen LogP contribution in [0.25, 0.3) is 10.8 Å². The van der Waals surface area contributed by atoms with E-state index < -0.39 is 48.7 Å². The summed E-state index contributed by atoms with van der Waals surface area (Å²) in [4.78, 5) is 65.9. The number of carboxylic acids is 1. The van der Waals surface area contributed by atoms with E-state index in [2.05, 4.69) is 5.32 Å². The Hall–Kier alpha value is -4.73. The zero-order valence-corrected chi connectivity index (χ0v) is 22.1. The number of carboxylic acid groups (broad SMARTS) is 1. The lowest BCUT2D eigenvalue weighted by atomic mass is 10.0. The van der Waals surface area contributed by atoms with Gasteiger partial charge in [-0.15, -0.1) is 0 Å². The number of fused-ring (bicyclic) bond motifs is 1. The van der Waals surface area contributed by atoms with Crippen LogP contribution in [0.4, 0.5) is 10.5 Å². The number of nitrogens with zero attached hydrogens (tertiary/aromatic N) is 2. The van der Waals surface area contributed by atoms with Gasteiger partial charge in [-0.25, -0.2) is 4.79 Å². The predicted molar refractivity (Wildman–Crippen MR) is 148 cm³/mol. The number of aliphatic carboxylic acids is 1. The smallest absolute Gasteiger partial charge is 0.325 e. The highest BCUT2D eigenvalue weighted by Crippen LogP contribution is 2.22. The number of ether oxygens (including phenoxy) is 1. The van der Waals surface area contributed by atoms with Gasteiger partial charge >= 0.3 is 18.0 Å². The molecule has 0 radical (unpaired) electrons. The quantitative estimate of drug-likeness (QED) is 0.354. The van der Waals surface area contributed by atoms with Crippen LogP contribution in [0, 0.1) is 0 Å². The minimum atomic E-state index is -1.43. The summed E-state index contributed by atoms with van der Waals surface area (Å²) < 4.78 is 5.15. The third-order valence-electron chi connectivity index (χ3n) is 6.85. The first kappa shape index (κ1) is 28.3. The minimum Gasteiger partial charge on any atom is -0.481 e. The van der Waals surface area contributed by atoms with Crippen LogP contribution in [-0.4, -0.2) is 71.4 Å². The Morgan fingerprint density at radius 3 is 2.40 bits per heavy atom. The highest BCUT2D eigenvalue weighted by Gasteiger charge is 2.35. The topological polar surface area (TPSA) is 133 Å².